The highest BCUT2D eigenvalue weighted by Crippen LogP contribution is 2.25. The predicted octanol–water partition coefficient (Wildman–Crippen LogP) is 2.32. The van der Waals surface area contributed by atoms with E-state index < -0.39 is 0 Å². The second-order valence-corrected chi connectivity index (χ2v) is 5.09. The molecule has 2 amide bonds. The maximum absolute atomic E-state index is 11.6. The first-order valence-electron chi connectivity index (χ1n) is 6.63. The first-order valence-corrected chi connectivity index (χ1v) is 6.63. The van der Waals surface area contributed by atoms with Gasteiger partial charge in [0.2, 0.25) is 11.8 Å². The molecule has 0 unspecified atom stereocenters. The Morgan fingerprint density at radius 1 is 1.30 bits per heavy atom. The predicted molar refractivity (Wildman–Crippen MR) is 78.6 cm³/mol. The first kappa shape index (κ1) is 16.0. The summed E-state index contributed by atoms with van der Waals surface area (Å²) >= 11 is 0. The molecule has 0 aliphatic carbocycles. The number of carbonyl (C=O) groups excluding carboxylic acids is 2. The van der Waals surface area contributed by atoms with Gasteiger partial charge in [-0.2, -0.15) is 0 Å². The molecule has 0 spiro atoms. The maximum atomic E-state index is 11.6. The second kappa shape index (κ2) is 7.53. The van der Waals surface area contributed by atoms with E-state index in [1.165, 1.54) is 6.92 Å². The monoisotopic (exact) mass is 278 g/mol. The van der Waals surface area contributed by atoms with Crippen LogP contribution in [0.2, 0.25) is 0 Å². The molecule has 5 heteroatoms. The number of hydrogen-bond donors (Lipinski definition) is 2. The SMILES string of the molecule is COc1ccc(CNC(=O)CC(C)C)cc1NC(C)=O. The fourth-order valence-electron chi connectivity index (χ4n) is 1.80. The first-order chi connectivity index (χ1) is 9.42. The van der Waals surface area contributed by atoms with Crippen LogP contribution in [0.15, 0.2) is 18.2 Å². The molecule has 0 aliphatic heterocycles. The second-order valence-electron chi connectivity index (χ2n) is 5.09. The van der Waals surface area contributed by atoms with Gasteiger partial charge in [-0.1, -0.05) is 19.9 Å². The van der Waals surface area contributed by atoms with E-state index in [1.54, 1.807) is 19.2 Å². The van der Waals surface area contributed by atoms with Crippen molar-refractivity contribution < 1.29 is 14.3 Å². The summed E-state index contributed by atoms with van der Waals surface area (Å²) in [6.07, 6.45) is 0.509. The number of carbonyl (C=O) groups is 2. The number of amides is 2. The highest BCUT2D eigenvalue weighted by molar-refractivity contribution is 5.90. The minimum absolute atomic E-state index is 0.0249. The average molecular weight is 278 g/mol. The van der Waals surface area contributed by atoms with Gasteiger partial charge in [-0.15, -0.1) is 0 Å². The zero-order valence-electron chi connectivity index (χ0n) is 12.4. The lowest BCUT2D eigenvalue weighted by atomic mass is 10.1. The Balaban J connectivity index is 2.71. The quantitative estimate of drug-likeness (QED) is 0.839. The molecule has 0 aromatic heterocycles. The molecule has 2 N–H and O–H groups in total. The molecule has 5 nitrogen and oxygen atoms in total. The Hall–Kier alpha value is -2.04. The van der Waals surface area contributed by atoms with Crippen LogP contribution in [0.5, 0.6) is 5.75 Å². The summed E-state index contributed by atoms with van der Waals surface area (Å²) in [6.45, 7) is 5.88. The molecule has 0 saturated heterocycles. The summed E-state index contributed by atoms with van der Waals surface area (Å²) in [5, 5.41) is 5.56. The number of benzene rings is 1. The van der Waals surface area contributed by atoms with Crippen molar-refractivity contribution in [2.45, 2.75) is 33.7 Å². The lowest BCUT2D eigenvalue weighted by Crippen LogP contribution is -2.24. The Morgan fingerprint density at radius 3 is 2.55 bits per heavy atom. The van der Waals surface area contributed by atoms with Crippen molar-refractivity contribution in [1.82, 2.24) is 5.32 Å². The van der Waals surface area contributed by atoms with Crippen LogP contribution in [0.1, 0.15) is 32.8 Å². The standard InChI is InChI=1S/C15H22N2O3/c1-10(2)7-15(19)16-9-12-5-6-14(20-4)13(8-12)17-11(3)18/h5-6,8,10H,7,9H2,1-4H3,(H,16,19)(H,17,18). The van der Waals surface area contributed by atoms with Gasteiger partial charge in [0.25, 0.3) is 0 Å². The van der Waals surface area contributed by atoms with Crippen LogP contribution in [0.25, 0.3) is 0 Å². The zero-order valence-corrected chi connectivity index (χ0v) is 12.4. The van der Waals surface area contributed by atoms with E-state index in [0.717, 1.165) is 5.56 Å². The fraction of sp³-hybridized carbons (Fsp3) is 0.467. The molecular weight excluding hydrogens is 256 g/mol. The van der Waals surface area contributed by atoms with Crippen molar-refractivity contribution in [2.75, 3.05) is 12.4 Å². The highest BCUT2D eigenvalue weighted by Gasteiger charge is 2.08. The van der Waals surface area contributed by atoms with Crippen LogP contribution in [-0.2, 0) is 16.1 Å². The summed E-state index contributed by atoms with van der Waals surface area (Å²) < 4.78 is 5.18. The molecule has 20 heavy (non-hydrogen) atoms. The van der Waals surface area contributed by atoms with Crippen molar-refractivity contribution in [3.8, 4) is 5.75 Å². The smallest absolute Gasteiger partial charge is 0.221 e. The van der Waals surface area contributed by atoms with Gasteiger partial charge in [0, 0.05) is 19.9 Å². The molecule has 0 atom stereocenters. The Kier molecular flexibility index (Phi) is 6.03. The molecule has 0 radical (unpaired) electrons. The van der Waals surface area contributed by atoms with Crippen molar-refractivity contribution >= 4 is 17.5 Å². The lowest BCUT2D eigenvalue weighted by Gasteiger charge is -2.12. The average Bonchev–Trinajstić information content (AvgIpc) is 2.35. The van der Waals surface area contributed by atoms with E-state index in [9.17, 15) is 9.59 Å². The van der Waals surface area contributed by atoms with Gasteiger partial charge in [0.05, 0.1) is 12.8 Å². The minimum atomic E-state index is -0.163. The van der Waals surface area contributed by atoms with Crippen LogP contribution in [-0.4, -0.2) is 18.9 Å². The van der Waals surface area contributed by atoms with Gasteiger partial charge < -0.3 is 15.4 Å². The number of methoxy groups -OCH3 is 1. The van der Waals surface area contributed by atoms with Gasteiger partial charge in [-0.25, -0.2) is 0 Å². The van der Waals surface area contributed by atoms with Crippen LogP contribution in [0.3, 0.4) is 0 Å². The Labute approximate surface area is 119 Å². The van der Waals surface area contributed by atoms with Crippen molar-refractivity contribution in [1.29, 1.82) is 0 Å². The molecular formula is C15H22N2O3. The summed E-state index contributed by atoms with van der Waals surface area (Å²) in [5.41, 5.74) is 1.52. The van der Waals surface area contributed by atoms with Crippen molar-refractivity contribution in [2.24, 2.45) is 5.92 Å². The Morgan fingerprint density at radius 2 is 2.00 bits per heavy atom. The van der Waals surface area contributed by atoms with Crippen molar-refractivity contribution in [3.05, 3.63) is 23.8 Å². The molecule has 0 aliphatic rings. The third-order valence-electron chi connectivity index (χ3n) is 2.66. The summed E-state index contributed by atoms with van der Waals surface area (Å²) in [4.78, 5) is 22.8. The summed E-state index contributed by atoms with van der Waals surface area (Å²) in [7, 11) is 1.55. The van der Waals surface area contributed by atoms with E-state index in [1.807, 2.05) is 19.9 Å². The lowest BCUT2D eigenvalue weighted by molar-refractivity contribution is -0.122. The molecule has 1 aromatic carbocycles. The molecule has 0 saturated carbocycles. The van der Waals surface area contributed by atoms with E-state index in [2.05, 4.69) is 10.6 Å². The minimum Gasteiger partial charge on any atom is -0.495 e. The van der Waals surface area contributed by atoms with E-state index in [4.69, 9.17) is 4.74 Å². The third-order valence-corrected chi connectivity index (χ3v) is 2.66. The largest absolute Gasteiger partial charge is 0.495 e. The van der Waals surface area contributed by atoms with Crippen LogP contribution in [0.4, 0.5) is 5.69 Å². The summed E-state index contributed by atoms with van der Waals surface area (Å²) in [5.74, 6) is 0.791. The zero-order chi connectivity index (χ0) is 15.1. The number of rotatable bonds is 6. The fourth-order valence-corrected chi connectivity index (χ4v) is 1.80. The molecule has 110 valence electrons. The maximum Gasteiger partial charge on any atom is 0.221 e. The van der Waals surface area contributed by atoms with Gasteiger partial charge in [-0.3, -0.25) is 9.59 Å². The van der Waals surface area contributed by atoms with Gasteiger partial charge in [-0.05, 0) is 23.6 Å². The van der Waals surface area contributed by atoms with E-state index in [-0.39, 0.29) is 11.8 Å². The molecule has 0 bridgehead atoms. The van der Waals surface area contributed by atoms with Gasteiger partial charge in [0.1, 0.15) is 5.75 Å². The number of anilines is 1. The highest BCUT2D eigenvalue weighted by atomic mass is 16.5. The molecule has 0 heterocycles. The van der Waals surface area contributed by atoms with Gasteiger partial charge >= 0.3 is 0 Å². The van der Waals surface area contributed by atoms with Crippen LogP contribution in [0, 0.1) is 5.92 Å². The number of ether oxygens (including phenoxy) is 1. The topological polar surface area (TPSA) is 67.4 Å². The van der Waals surface area contributed by atoms with E-state index >= 15 is 0 Å². The molecule has 1 rings (SSSR count). The van der Waals surface area contributed by atoms with Crippen molar-refractivity contribution in [3.63, 3.8) is 0 Å². The molecule has 1 aromatic rings. The Bertz CT molecular complexity index is 484. The van der Waals surface area contributed by atoms with Crippen LogP contribution >= 0.6 is 0 Å². The normalized spacial score (nSPS) is 10.2. The van der Waals surface area contributed by atoms with E-state index in [0.29, 0.717) is 30.3 Å². The van der Waals surface area contributed by atoms with Gasteiger partial charge in [0.15, 0.2) is 0 Å². The summed E-state index contributed by atoms with van der Waals surface area (Å²) in [6, 6.07) is 5.44. The van der Waals surface area contributed by atoms with Crippen LogP contribution < -0.4 is 15.4 Å². The molecule has 0 fully saturated rings. The third kappa shape index (κ3) is 5.30. The number of hydrogen-bond acceptors (Lipinski definition) is 3. The number of nitrogens with one attached hydrogen (secondary N) is 2.